The quantitative estimate of drug-likeness (QED) is 0.486. The van der Waals surface area contributed by atoms with Crippen molar-refractivity contribution in [2.75, 3.05) is 14.2 Å². The van der Waals surface area contributed by atoms with E-state index in [1.165, 1.54) is 0 Å². The predicted molar refractivity (Wildman–Crippen MR) is 58.6 cm³/mol. The Bertz CT molecular complexity index is 154. The molecule has 1 atom stereocenters. The van der Waals surface area contributed by atoms with Crippen molar-refractivity contribution in [2.45, 2.75) is 39.3 Å². The van der Waals surface area contributed by atoms with Gasteiger partial charge in [0.1, 0.15) is 0 Å². The Labute approximate surface area is 83.0 Å². The van der Waals surface area contributed by atoms with E-state index >= 15 is 0 Å². The first-order chi connectivity index (χ1) is 6.15. The van der Waals surface area contributed by atoms with Crippen molar-refractivity contribution in [2.24, 2.45) is 4.99 Å². The second kappa shape index (κ2) is 7.23. The minimum absolute atomic E-state index is 0.269. The van der Waals surface area contributed by atoms with Gasteiger partial charge >= 0.3 is 9.28 Å². The van der Waals surface area contributed by atoms with E-state index in [2.05, 4.69) is 11.9 Å². The summed E-state index contributed by atoms with van der Waals surface area (Å²) >= 11 is 0. The summed E-state index contributed by atoms with van der Waals surface area (Å²) in [6, 6.07) is 0. The molecular weight excluding hydrogens is 182 g/mol. The van der Waals surface area contributed by atoms with Gasteiger partial charge in [0.25, 0.3) is 0 Å². The van der Waals surface area contributed by atoms with E-state index < -0.39 is 9.28 Å². The summed E-state index contributed by atoms with van der Waals surface area (Å²) in [6.45, 7) is 6.18. The van der Waals surface area contributed by atoms with Crippen LogP contribution in [0.2, 0.25) is 0 Å². The Morgan fingerprint density at radius 1 is 1.31 bits per heavy atom. The zero-order chi connectivity index (χ0) is 10.3. The van der Waals surface area contributed by atoms with Crippen LogP contribution in [0.25, 0.3) is 0 Å². The smallest absolute Gasteiger partial charge is 0.346 e. The lowest BCUT2D eigenvalue weighted by Crippen LogP contribution is -2.34. The molecule has 0 aliphatic rings. The molecule has 0 saturated carbocycles. The third kappa shape index (κ3) is 5.18. The topological polar surface area (TPSA) is 30.8 Å². The van der Waals surface area contributed by atoms with Gasteiger partial charge in [-0.2, -0.15) is 0 Å². The molecule has 0 spiro atoms. The molecule has 0 aliphatic carbocycles. The van der Waals surface area contributed by atoms with Crippen LogP contribution in [0.15, 0.2) is 4.99 Å². The molecular formula is C9H21NO2Si. The predicted octanol–water partition coefficient (Wildman–Crippen LogP) is 1.69. The van der Waals surface area contributed by atoms with E-state index in [-0.39, 0.29) is 5.67 Å². The minimum atomic E-state index is -1.57. The highest BCUT2D eigenvalue weighted by molar-refractivity contribution is 6.46. The highest BCUT2D eigenvalue weighted by Gasteiger charge is 2.22. The molecule has 0 N–H and O–H groups in total. The maximum absolute atomic E-state index is 5.32. The Hall–Kier alpha value is -0.193. The number of hydrogen-bond donors (Lipinski definition) is 0. The van der Waals surface area contributed by atoms with Crippen LogP contribution in [0, 0.1) is 0 Å². The molecule has 0 heterocycles. The number of nitrogens with zero attached hydrogens (tertiary/aromatic N) is 1. The van der Waals surface area contributed by atoms with Crippen LogP contribution in [0.5, 0.6) is 0 Å². The molecule has 13 heavy (non-hydrogen) atoms. The number of hydrogen-bond acceptors (Lipinski definition) is 3. The fraction of sp³-hybridized carbons (Fsp3) is 0.889. The van der Waals surface area contributed by atoms with E-state index in [9.17, 15) is 0 Å². The largest absolute Gasteiger partial charge is 0.399 e. The van der Waals surface area contributed by atoms with Gasteiger partial charge in [-0.3, -0.25) is 4.99 Å². The molecule has 3 nitrogen and oxygen atoms in total. The van der Waals surface area contributed by atoms with Gasteiger partial charge in [0.2, 0.25) is 0 Å². The zero-order valence-corrected chi connectivity index (χ0v) is 10.5. The lowest BCUT2D eigenvalue weighted by Gasteiger charge is -2.18. The SMILES string of the molecule is CCCC(N=C(C)C)[SiH](OC)OC. The standard InChI is InChI=1S/C9H21NO2Si/c1-6-7-9(10-8(2)3)13(11-4)12-5/h9,13H,6-7H2,1-5H3. The van der Waals surface area contributed by atoms with E-state index in [0.29, 0.717) is 0 Å². The lowest BCUT2D eigenvalue weighted by atomic mass is 10.3. The molecule has 0 rings (SSSR count). The Morgan fingerprint density at radius 2 is 1.85 bits per heavy atom. The summed E-state index contributed by atoms with van der Waals surface area (Å²) in [5.74, 6) is 0. The summed E-state index contributed by atoms with van der Waals surface area (Å²) in [5.41, 5.74) is 1.37. The van der Waals surface area contributed by atoms with Crippen LogP contribution in [0.1, 0.15) is 33.6 Å². The fourth-order valence-corrected chi connectivity index (χ4v) is 3.15. The molecule has 0 amide bonds. The van der Waals surface area contributed by atoms with Gasteiger partial charge in [0.05, 0.1) is 5.67 Å². The van der Waals surface area contributed by atoms with E-state index in [1.54, 1.807) is 14.2 Å². The van der Waals surface area contributed by atoms with Crippen molar-refractivity contribution in [1.82, 2.24) is 0 Å². The van der Waals surface area contributed by atoms with Gasteiger partial charge in [-0.1, -0.05) is 13.3 Å². The molecule has 78 valence electrons. The average molecular weight is 203 g/mol. The van der Waals surface area contributed by atoms with Crippen LogP contribution in [-0.4, -0.2) is 34.9 Å². The third-order valence-corrected chi connectivity index (χ3v) is 3.83. The summed E-state index contributed by atoms with van der Waals surface area (Å²) in [4.78, 5) is 4.54. The molecule has 0 aromatic rings. The van der Waals surface area contributed by atoms with Crippen molar-refractivity contribution >= 4 is 15.0 Å². The molecule has 0 bridgehead atoms. The highest BCUT2D eigenvalue weighted by atomic mass is 28.3. The lowest BCUT2D eigenvalue weighted by molar-refractivity contribution is 0.264. The zero-order valence-electron chi connectivity index (χ0n) is 9.33. The first kappa shape index (κ1) is 12.8. The van der Waals surface area contributed by atoms with E-state index in [4.69, 9.17) is 8.85 Å². The highest BCUT2D eigenvalue weighted by Crippen LogP contribution is 2.08. The van der Waals surface area contributed by atoms with Gasteiger partial charge in [-0.25, -0.2) is 0 Å². The van der Waals surface area contributed by atoms with Gasteiger partial charge in [-0.05, 0) is 20.3 Å². The fourth-order valence-electron chi connectivity index (χ4n) is 1.30. The van der Waals surface area contributed by atoms with Crippen molar-refractivity contribution in [3.05, 3.63) is 0 Å². The van der Waals surface area contributed by atoms with E-state index in [0.717, 1.165) is 18.6 Å². The minimum Gasteiger partial charge on any atom is -0.399 e. The van der Waals surface area contributed by atoms with Gasteiger partial charge in [0, 0.05) is 19.9 Å². The Balaban J connectivity index is 4.29. The average Bonchev–Trinajstić information content (AvgIpc) is 2.05. The summed E-state index contributed by atoms with van der Waals surface area (Å²) in [5, 5.41) is 0. The maximum Gasteiger partial charge on any atom is 0.346 e. The van der Waals surface area contributed by atoms with Crippen LogP contribution >= 0.6 is 0 Å². The van der Waals surface area contributed by atoms with Crippen molar-refractivity contribution in [1.29, 1.82) is 0 Å². The van der Waals surface area contributed by atoms with Crippen LogP contribution in [0.4, 0.5) is 0 Å². The number of rotatable bonds is 6. The summed E-state index contributed by atoms with van der Waals surface area (Å²) < 4.78 is 10.6. The molecule has 0 saturated heterocycles. The molecule has 1 unspecified atom stereocenters. The third-order valence-electron chi connectivity index (χ3n) is 1.79. The first-order valence-electron chi connectivity index (χ1n) is 4.72. The van der Waals surface area contributed by atoms with Crippen LogP contribution in [-0.2, 0) is 8.85 Å². The molecule has 0 fully saturated rings. The maximum atomic E-state index is 5.32. The second-order valence-corrected chi connectivity index (χ2v) is 5.72. The van der Waals surface area contributed by atoms with Crippen molar-refractivity contribution in [3.63, 3.8) is 0 Å². The number of aliphatic imine (C=N–C) groups is 1. The summed E-state index contributed by atoms with van der Waals surface area (Å²) in [7, 11) is 1.86. The molecule has 4 heteroatoms. The van der Waals surface area contributed by atoms with Crippen LogP contribution in [0.3, 0.4) is 0 Å². The summed E-state index contributed by atoms with van der Waals surface area (Å²) in [6.07, 6.45) is 2.18. The van der Waals surface area contributed by atoms with Gasteiger partial charge in [0.15, 0.2) is 0 Å². The molecule has 0 aromatic heterocycles. The Morgan fingerprint density at radius 3 is 2.15 bits per heavy atom. The van der Waals surface area contributed by atoms with Gasteiger partial charge in [-0.15, -0.1) is 0 Å². The molecule has 0 radical (unpaired) electrons. The normalized spacial score (nSPS) is 13.1. The van der Waals surface area contributed by atoms with Gasteiger partial charge < -0.3 is 8.85 Å². The Kier molecular flexibility index (Phi) is 7.13. The first-order valence-corrected chi connectivity index (χ1v) is 6.33. The van der Waals surface area contributed by atoms with Crippen molar-refractivity contribution < 1.29 is 8.85 Å². The molecule has 0 aliphatic heterocycles. The van der Waals surface area contributed by atoms with Crippen LogP contribution < -0.4 is 0 Å². The van der Waals surface area contributed by atoms with Crippen molar-refractivity contribution in [3.8, 4) is 0 Å². The monoisotopic (exact) mass is 203 g/mol. The molecule has 0 aromatic carbocycles. The van der Waals surface area contributed by atoms with E-state index in [1.807, 2.05) is 13.8 Å². The second-order valence-electron chi connectivity index (χ2n) is 3.27.